The van der Waals surface area contributed by atoms with E-state index in [9.17, 15) is 4.79 Å². The zero-order chi connectivity index (χ0) is 25.9. The number of carbonyl (C=O) groups is 1. The number of allylic oxidation sites excluding steroid dienone is 1. The Balaban J connectivity index is 1.34. The van der Waals surface area contributed by atoms with Gasteiger partial charge in [-0.25, -0.2) is 0 Å². The molecule has 0 radical (unpaired) electrons. The molecule has 0 saturated heterocycles. The summed E-state index contributed by atoms with van der Waals surface area (Å²) in [6.07, 6.45) is 19.5. The van der Waals surface area contributed by atoms with Crippen molar-refractivity contribution in [3.05, 3.63) is 11.6 Å². The van der Waals surface area contributed by atoms with Gasteiger partial charge in [0.2, 0.25) is 5.91 Å². The molecule has 206 valence electrons. The molecule has 0 spiro atoms. The lowest BCUT2D eigenvalue weighted by molar-refractivity contribution is -0.121. The number of carbonyl (C=O) groups excluding carboxylic acids is 1. The Labute approximate surface area is 223 Å². The lowest BCUT2D eigenvalue weighted by atomic mass is 9.47. The van der Waals surface area contributed by atoms with Gasteiger partial charge in [-0.3, -0.25) is 4.79 Å². The lowest BCUT2D eigenvalue weighted by Crippen LogP contribution is -2.51. The molecule has 8 atom stereocenters. The van der Waals surface area contributed by atoms with Crippen LogP contribution in [-0.2, 0) is 9.53 Å². The number of hydrogen-bond donors (Lipinski definition) is 1. The topological polar surface area (TPSA) is 38.3 Å². The van der Waals surface area contributed by atoms with Gasteiger partial charge in [-0.2, -0.15) is 0 Å². The summed E-state index contributed by atoms with van der Waals surface area (Å²) in [7, 11) is 0. The van der Waals surface area contributed by atoms with Crippen molar-refractivity contribution in [1.82, 2.24) is 5.32 Å². The Morgan fingerprint density at radius 2 is 1.89 bits per heavy atom. The molecule has 0 aromatic carbocycles. The summed E-state index contributed by atoms with van der Waals surface area (Å²) in [5, 5.41) is 3.00. The van der Waals surface area contributed by atoms with Crippen molar-refractivity contribution in [3.63, 3.8) is 0 Å². The van der Waals surface area contributed by atoms with Crippen LogP contribution in [-0.4, -0.2) is 25.2 Å². The van der Waals surface area contributed by atoms with Gasteiger partial charge in [0.05, 0.1) is 12.7 Å². The van der Waals surface area contributed by atoms with E-state index < -0.39 is 0 Å². The van der Waals surface area contributed by atoms with Crippen molar-refractivity contribution in [2.75, 3.05) is 13.2 Å². The minimum absolute atomic E-state index is 0.154. The van der Waals surface area contributed by atoms with E-state index in [2.05, 4.69) is 46.0 Å². The fourth-order valence-electron chi connectivity index (χ4n) is 9.53. The van der Waals surface area contributed by atoms with Crippen LogP contribution in [0.4, 0.5) is 0 Å². The van der Waals surface area contributed by atoms with Crippen LogP contribution in [0, 0.1) is 46.3 Å². The van der Waals surface area contributed by atoms with Crippen LogP contribution in [0.3, 0.4) is 0 Å². The summed E-state index contributed by atoms with van der Waals surface area (Å²) >= 11 is 0. The molecule has 0 heterocycles. The van der Waals surface area contributed by atoms with Crippen LogP contribution in [0.1, 0.15) is 125 Å². The van der Waals surface area contributed by atoms with E-state index in [4.69, 9.17) is 4.74 Å². The van der Waals surface area contributed by atoms with E-state index >= 15 is 0 Å². The standard InChI is InChI=1S/C33H57NO2/c1-7-9-31(35)34-20-21-36-26-16-18-32(5)25(22-26)12-13-27-29-15-14-28(24(4)11-8-10-23(2)3)33(29,6)19-17-30(27)32/h12,23-24,26-30H,7-11,13-22H2,1-6H3,(H,34,35). The largest absolute Gasteiger partial charge is 0.376 e. The molecule has 4 aliphatic carbocycles. The van der Waals surface area contributed by atoms with Gasteiger partial charge >= 0.3 is 0 Å². The van der Waals surface area contributed by atoms with Crippen LogP contribution in [0.2, 0.25) is 0 Å². The summed E-state index contributed by atoms with van der Waals surface area (Å²) < 4.78 is 6.26. The van der Waals surface area contributed by atoms with Crippen molar-refractivity contribution in [1.29, 1.82) is 0 Å². The third-order valence-electron chi connectivity index (χ3n) is 11.5. The highest BCUT2D eigenvalue weighted by atomic mass is 16.5. The van der Waals surface area contributed by atoms with Crippen molar-refractivity contribution >= 4 is 5.91 Å². The van der Waals surface area contributed by atoms with Crippen LogP contribution in [0.15, 0.2) is 11.6 Å². The van der Waals surface area contributed by atoms with Crippen molar-refractivity contribution < 1.29 is 9.53 Å². The molecular weight excluding hydrogens is 442 g/mol. The van der Waals surface area contributed by atoms with Crippen molar-refractivity contribution in [2.45, 2.75) is 131 Å². The fourth-order valence-corrected chi connectivity index (χ4v) is 9.53. The van der Waals surface area contributed by atoms with E-state index in [0.717, 1.165) is 48.3 Å². The number of fused-ring (bicyclic) bond motifs is 5. The van der Waals surface area contributed by atoms with E-state index in [1.807, 2.05) is 6.92 Å². The lowest BCUT2D eigenvalue weighted by Gasteiger charge is -2.58. The minimum Gasteiger partial charge on any atom is -0.376 e. The predicted octanol–water partition coefficient (Wildman–Crippen LogP) is 8.33. The molecule has 3 saturated carbocycles. The van der Waals surface area contributed by atoms with Gasteiger partial charge in [-0.1, -0.05) is 72.5 Å². The number of ether oxygens (including phenoxy) is 1. The van der Waals surface area contributed by atoms with Gasteiger partial charge in [0.15, 0.2) is 0 Å². The molecule has 3 heteroatoms. The van der Waals surface area contributed by atoms with Gasteiger partial charge in [-0.15, -0.1) is 0 Å². The molecule has 4 rings (SSSR count). The quantitative estimate of drug-likeness (QED) is 0.229. The molecule has 1 amide bonds. The van der Waals surface area contributed by atoms with Gasteiger partial charge in [0.1, 0.15) is 0 Å². The number of rotatable bonds is 11. The molecule has 0 aliphatic heterocycles. The Morgan fingerprint density at radius 1 is 1.08 bits per heavy atom. The fraction of sp³-hybridized carbons (Fsp3) is 0.909. The summed E-state index contributed by atoms with van der Waals surface area (Å²) in [5.41, 5.74) is 2.67. The second-order valence-electron chi connectivity index (χ2n) is 14.1. The monoisotopic (exact) mass is 499 g/mol. The number of nitrogens with one attached hydrogen (secondary N) is 1. The molecule has 0 aromatic heterocycles. The van der Waals surface area contributed by atoms with E-state index in [1.54, 1.807) is 5.57 Å². The van der Waals surface area contributed by atoms with Crippen LogP contribution >= 0.6 is 0 Å². The van der Waals surface area contributed by atoms with E-state index in [-0.39, 0.29) is 5.91 Å². The highest BCUT2D eigenvalue weighted by Crippen LogP contribution is 2.67. The van der Waals surface area contributed by atoms with E-state index in [0.29, 0.717) is 36.5 Å². The summed E-state index contributed by atoms with van der Waals surface area (Å²) in [6, 6.07) is 0. The molecule has 36 heavy (non-hydrogen) atoms. The number of hydrogen-bond acceptors (Lipinski definition) is 2. The Morgan fingerprint density at radius 3 is 2.64 bits per heavy atom. The molecular formula is C33H57NO2. The van der Waals surface area contributed by atoms with Crippen LogP contribution < -0.4 is 5.32 Å². The molecule has 0 aromatic rings. The average Bonchev–Trinajstić information content (AvgIpc) is 3.19. The van der Waals surface area contributed by atoms with E-state index in [1.165, 1.54) is 64.2 Å². The summed E-state index contributed by atoms with van der Waals surface area (Å²) in [6.45, 7) is 16.0. The smallest absolute Gasteiger partial charge is 0.220 e. The Hall–Kier alpha value is -0.830. The van der Waals surface area contributed by atoms with Gasteiger partial charge in [0, 0.05) is 13.0 Å². The molecule has 0 bridgehead atoms. The minimum atomic E-state index is 0.154. The summed E-state index contributed by atoms with van der Waals surface area (Å²) in [4.78, 5) is 11.7. The van der Waals surface area contributed by atoms with Gasteiger partial charge < -0.3 is 10.1 Å². The van der Waals surface area contributed by atoms with Crippen LogP contribution in [0.25, 0.3) is 0 Å². The normalized spacial score (nSPS) is 38.6. The van der Waals surface area contributed by atoms with Crippen molar-refractivity contribution in [2.24, 2.45) is 46.3 Å². The summed E-state index contributed by atoms with van der Waals surface area (Å²) in [5.74, 6) is 5.54. The SMILES string of the molecule is CCCC(=O)NCCOC1CCC2(C)C(=CCC3C2CCC2(C)C(C(C)CCCC(C)C)CCC32)C1. The first-order chi connectivity index (χ1) is 17.2. The number of amides is 1. The maximum atomic E-state index is 11.7. The van der Waals surface area contributed by atoms with Crippen molar-refractivity contribution in [3.8, 4) is 0 Å². The third-order valence-corrected chi connectivity index (χ3v) is 11.5. The highest BCUT2D eigenvalue weighted by molar-refractivity contribution is 5.75. The molecule has 3 nitrogen and oxygen atoms in total. The first-order valence-corrected chi connectivity index (χ1v) is 15.8. The maximum Gasteiger partial charge on any atom is 0.220 e. The molecule has 4 aliphatic rings. The molecule has 1 N–H and O–H groups in total. The maximum absolute atomic E-state index is 11.7. The second-order valence-corrected chi connectivity index (χ2v) is 14.1. The van der Waals surface area contributed by atoms with Gasteiger partial charge in [0.25, 0.3) is 0 Å². The average molecular weight is 500 g/mol. The zero-order valence-electron chi connectivity index (χ0n) is 24.5. The molecule has 8 unspecified atom stereocenters. The predicted molar refractivity (Wildman–Crippen MR) is 151 cm³/mol. The second kappa shape index (κ2) is 11.9. The van der Waals surface area contributed by atoms with Crippen LogP contribution in [0.5, 0.6) is 0 Å². The molecule has 3 fully saturated rings. The Kier molecular flexibility index (Phi) is 9.33. The van der Waals surface area contributed by atoms with Gasteiger partial charge in [-0.05, 0) is 104 Å². The first-order valence-electron chi connectivity index (χ1n) is 15.8. The first kappa shape index (κ1) is 28.2. The highest BCUT2D eigenvalue weighted by Gasteiger charge is 2.59. The Bertz CT molecular complexity index is 774. The third kappa shape index (κ3) is 5.76. The zero-order valence-corrected chi connectivity index (χ0v) is 24.5.